The van der Waals surface area contributed by atoms with Crippen molar-refractivity contribution in [3.63, 3.8) is 0 Å². The van der Waals surface area contributed by atoms with Gasteiger partial charge in [-0.3, -0.25) is 29.3 Å². The number of fused-ring (bicyclic) bond motifs is 1. The monoisotopic (exact) mass is 421 g/mol. The lowest BCUT2D eigenvalue weighted by Crippen LogP contribution is -2.48. The molecule has 10 nitrogen and oxygen atoms in total. The molecule has 0 spiro atoms. The Morgan fingerprint density at radius 3 is 2.64 bits per heavy atom. The van der Waals surface area contributed by atoms with Crippen LogP contribution in [0.3, 0.4) is 0 Å². The minimum absolute atomic E-state index is 0.0564. The van der Waals surface area contributed by atoms with Crippen molar-refractivity contribution in [2.24, 2.45) is 5.10 Å². The van der Waals surface area contributed by atoms with E-state index in [1.165, 1.54) is 0 Å². The predicted molar refractivity (Wildman–Crippen MR) is 108 cm³/mol. The molecule has 0 fully saturated rings. The number of aromatic nitrogens is 3. The summed E-state index contributed by atoms with van der Waals surface area (Å²) in [6, 6.07) is 6.71. The second kappa shape index (κ2) is 7.64. The summed E-state index contributed by atoms with van der Waals surface area (Å²) >= 11 is 4.85. The van der Waals surface area contributed by atoms with E-state index in [2.05, 4.69) is 36.3 Å². The van der Waals surface area contributed by atoms with Gasteiger partial charge < -0.3 is 10.7 Å². The van der Waals surface area contributed by atoms with Crippen molar-refractivity contribution in [1.82, 2.24) is 20.6 Å². The Kier molecular flexibility index (Phi) is 5.42. The summed E-state index contributed by atoms with van der Waals surface area (Å²) in [5.41, 5.74) is 2.54. The maximum atomic E-state index is 13.1. The first-order valence-electron chi connectivity index (χ1n) is 8.27. The molecule has 12 heteroatoms. The lowest BCUT2D eigenvalue weighted by atomic mass is 10.1. The number of hydrogen-bond acceptors (Lipinski definition) is 7. The van der Waals surface area contributed by atoms with Crippen LogP contribution >= 0.6 is 12.2 Å². The highest BCUT2D eigenvalue weighted by molar-refractivity contribution is 7.88. The van der Waals surface area contributed by atoms with Gasteiger partial charge in [-0.15, -0.1) is 0 Å². The summed E-state index contributed by atoms with van der Waals surface area (Å²) in [6.45, 7) is 5.51. The highest BCUT2D eigenvalue weighted by Gasteiger charge is 2.40. The van der Waals surface area contributed by atoms with Gasteiger partial charge in [0.05, 0.1) is 21.4 Å². The first-order valence-corrected chi connectivity index (χ1v) is 9.89. The van der Waals surface area contributed by atoms with Gasteiger partial charge >= 0.3 is 0 Å². The molecule has 5 N–H and O–H groups in total. The lowest BCUT2D eigenvalue weighted by Gasteiger charge is -2.25. The Balaban J connectivity index is 1.98. The van der Waals surface area contributed by atoms with Crippen molar-refractivity contribution in [3.05, 3.63) is 29.0 Å². The fourth-order valence-corrected chi connectivity index (χ4v) is 3.91. The molecule has 2 amide bonds. The van der Waals surface area contributed by atoms with E-state index in [-0.39, 0.29) is 16.4 Å². The van der Waals surface area contributed by atoms with E-state index in [1.54, 1.807) is 24.3 Å². The number of hydrogen-bond donors (Lipinski definition) is 5. The molecular formula is C16H19N7O3S2. The van der Waals surface area contributed by atoms with Crippen LogP contribution in [0.15, 0.2) is 34.3 Å². The lowest BCUT2D eigenvalue weighted by molar-refractivity contribution is -0.116. The van der Waals surface area contributed by atoms with Crippen LogP contribution in [0, 0.1) is 4.77 Å². The number of carbonyl (C=O) groups excluding carboxylic acids is 2. The Morgan fingerprint density at radius 2 is 2.00 bits per heavy atom. The number of para-hydroxylation sites is 1. The highest BCUT2D eigenvalue weighted by atomic mass is 32.2. The smallest absolute Gasteiger partial charge is 0.276 e. The maximum absolute atomic E-state index is 13.1. The van der Waals surface area contributed by atoms with Crippen LogP contribution in [0.5, 0.6) is 0 Å². The van der Waals surface area contributed by atoms with E-state index in [9.17, 15) is 13.8 Å². The molecule has 2 heterocycles. The van der Waals surface area contributed by atoms with Gasteiger partial charge in [-0.05, 0) is 45.1 Å². The maximum Gasteiger partial charge on any atom is 0.276 e. The van der Waals surface area contributed by atoms with Crippen LogP contribution in [-0.2, 0) is 20.4 Å². The number of amides is 2. The van der Waals surface area contributed by atoms with Crippen molar-refractivity contribution in [2.75, 3.05) is 10.6 Å². The number of hydrazone groups is 1. The molecule has 3 rings (SSSR count). The summed E-state index contributed by atoms with van der Waals surface area (Å²) < 4.78 is 13.2. The zero-order valence-electron chi connectivity index (χ0n) is 15.3. The fourth-order valence-electron chi connectivity index (χ4n) is 2.35. The van der Waals surface area contributed by atoms with E-state index in [0.29, 0.717) is 10.6 Å². The largest absolute Gasteiger partial charge is 0.324 e. The minimum Gasteiger partial charge on any atom is -0.324 e. The molecule has 2 atom stereocenters. The second-order valence-electron chi connectivity index (χ2n) is 6.99. The molecule has 1 aliphatic rings. The van der Waals surface area contributed by atoms with E-state index in [1.807, 2.05) is 20.8 Å². The summed E-state index contributed by atoms with van der Waals surface area (Å²) in [4.78, 5) is 29.8. The number of rotatable bonds is 4. The highest BCUT2D eigenvalue weighted by Crippen LogP contribution is 2.28. The third kappa shape index (κ3) is 4.34. The summed E-state index contributed by atoms with van der Waals surface area (Å²) in [5, 5.41) is 13.1. The van der Waals surface area contributed by atoms with E-state index in [0.717, 1.165) is 0 Å². The summed E-state index contributed by atoms with van der Waals surface area (Å²) in [6.07, 6.45) is 0. The molecule has 0 aliphatic carbocycles. The molecule has 0 radical (unpaired) electrons. The van der Waals surface area contributed by atoms with Gasteiger partial charge in [-0.25, -0.2) is 0 Å². The number of nitrogens with one attached hydrogen (secondary N) is 5. The van der Waals surface area contributed by atoms with E-state index < -0.39 is 33.4 Å². The molecule has 2 aromatic rings. The van der Waals surface area contributed by atoms with Crippen molar-refractivity contribution in [3.8, 4) is 0 Å². The van der Waals surface area contributed by atoms with Crippen LogP contribution in [0.2, 0.25) is 0 Å². The van der Waals surface area contributed by atoms with E-state index in [4.69, 9.17) is 12.2 Å². The van der Waals surface area contributed by atoms with Crippen LogP contribution in [-0.4, -0.2) is 47.7 Å². The van der Waals surface area contributed by atoms with Crippen molar-refractivity contribution in [1.29, 1.82) is 0 Å². The average molecular weight is 422 g/mol. The third-order valence-corrected chi connectivity index (χ3v) is 5.39. The quantitative estimate of drug-likeness (QED) is 0.286. The second-order valence-corrected chi connectivity index (χ2v) is 8.88. The van der Waals surface area contributed by atoms with Gasteiger partial charge in [0.15, 0.2) is 11.0 Å². The molecular weight excluding hydrogens is 402 g/mol. The Labute approximate surface area is 168 Å². The first-order chi connectivity index (χ1) is 13.2. The van der Waals surface area contributed by atoms with Crippen molar-refractivity contribution >= 4 is 52.2 Å². The SMILES string of the molecule is CC(C)(C)N/N=C(/C(=O)Nc1nc(=S)[nH][nH]1)[C@H]1C(=O)Nc2ccccc2[S@@]1=O. The third-order valence-electron chi connectivity index (χ3n) is 3.54. The summed E-state index contributed by atoms with van der Waals surface area (Å²) in [5.74, 6) is -1.26. The fraction of sp³-hybridized carbons (Fsp3) is 0.312. The molecule has 1 aliphatic heterocycles. The van der Waals surface area contributed by atoms with Crippen LogP contribution < -0.4 is 16.1 Å². The molecule has 0 saturated heterocycles. The Morgan fingerprint density at radius 1 is 1.29 bits per heavy atom. The zero-order chi connectivity index (χ0) is 20.5. The van der Waals surface area contributed by atoms with Gasteiger partial charge in [0.25, 0.3) is 5.91 Å². The zero-order valence-corrected chi connectivity index (χ0v) is 17.0. The van der Waals surface area contributed by atoms with Crippen LogP contribution in [0.4, 0.5) is 11.6 Å². The molecule has 28 heavy (non-hydrogen) atoms. The molecule has 1 aromatic carbocycles. The topological polar surface area (TPSA) is 144 Å². The molecule has 148 valence electrons. The number of carbonyl (C=O) groups is 2. The molecule has 0 bridgehead atoms. The Hall–Kier alpha value is -2.86. The number of aromatic amines is 2. The number of H-pyrrole nitrogens is 2. The molecule has 0 saturated carbocycles. The van der Waals surface area contributed by atoms with Crippen molar-refractivity contribution in [2.45, 2.75) is 36.5 Å². The standard InChI is InChI=1S/C16H19N7O3S2/c1-16(2,3)23-20-10(12(24)18-14-19-15(27)22-21-14)11-13(25)17-8-6-4-5-7-9(8)28(11)26/h4-7,11,23H,1-3H3,(H,17,25)(H3,18,19,21,22,24,27)/b20-10+/t11-,28-/m0/s1. The Bertz CT molecular complexity index is 1040. The van der Waals surface area contributed by atoms with Gasteiger partial charge in [0, 0.05) is 5.54 Å². The van der Waals surface area contributed by atoms with Crippen LogP contribution in [0.1, 0.15) is 20.8 Å². The van der Waals surface area contributed by atoms with Gasteiger partial charge in [-0.2, -0.15) is 10.1 Å². The molecule has 1 aromatic heterocycles. The number of benzene rings is 1. The van der Waals surface area contributed by atoms with Gasteiger partial charge in [0.1, 0.15) is 0 Å². The van der Waals surface area contributed by atoms with Crippen LogP contribution in [0.25, 0.3) is 0 Å². The van der Waals surface area contributed by atoms with Crippen molar-refractivity contribution < 1.29 is 13.8 Å². The van der Waals surface area contributed by atoms with E-state index >= 15 is 0 Å². The normalized spacial score (nSPS) is 19.5. The van der Waals surface area contributed by atoms with Gasteiger partial charge in [-0.1, -0.05) is 12.1 Å². The van der Waals surface area contributed by atoms with Gasteiger partial charge in [0.2, 0.25) is 16.6 Å². The molecule has 0 unspecified atom stereocenters. The summed E-state index contributed by atoms with van der Waals surface area (Å²) in [7, 11) is -1.82. The predicted octanol–water partition coefficient (Wildman–Crippen LogP) is 1.28. The first kappa shape index (κ1) is 19.9. The average Bonchev–Trinajstić information content (AvgIpc) is 3.01. The number of anilines is 2. The number of nitrogens with zero attached hydrogens (tertiary/aromatic N) is 2. The minimum atomic E-state index is -1.82.